The van der Waals surface area contributed by atoms with Gasteiger partial charge in [0, 0.05) is 13.2 Å². The van der Waals surface area contributed by atoms with Crippen LogP contribution in [0.4, 0.5) is 8.78 Å². The quantitative estimate of drug-likeness (QED) is 0.807. The van der Waals surface area contributed by atoms with Crippen LogP contribution < -0.4 is 5.32 Å². The van der Waals surface area contributed by atoms with Crippen molar-refractivity contribution in [2.24, 2.45) is 0 Å². The van der Waals surface area contributed by atoms with E-state index in [1.807, 2.05) is 0 Å². The number of hydrogen-bond donors (Lipinski definition) is 1. The van der Waals surface area contributed by atoms with Crippen LogP contribution in [-0.4, -0.2) is 26.8 Å². The minimum atomic E-state index is -0.806. The number of hydrogen-bond acceptors (Lipinski definition) is 2. The molecule has 1 aromatic carbocycles. The molecule has 1 unspecified atom stereocenters. The number of nitrogens with one attached hydrogen (secondary N) is 1. The summed E-state index contributed by atoms with van der Waals surface area (Å²) in [5.74, 6) is -1.58. The highest BCUT2D eigenvalue weighted by atomic mass is 19.2. The van der Waals surface area contributed by atoms with Gasteiger partial charge in [0.15, 0.2) is 11.6 Å². The molecule has 0 saturated carbocycles. The molecule has 15 heavy (non-hydrogen) atoms. The summed E-state index contributed by atoms with van der Waals surface area (Å²) in [4.78, 5) is 0. The minimum absolute atomic E-state index is 0.00806. The minimum Gasteiger partial charge on any atom is -0.383 e. The summed E-state index contributed by atoms with van der Waals surface area (Å²) in [6.07, 6.45) is 0.411. The second-order valence-electron chi connectivity index (χ2n) is 3.36. The van der Waals surface area contributed by atoms with Crippen LogP contribution in [0.25, 0.3) is 0 Å². The largest absolute Gasteiger partial charge is 0.383 e. The maximum absolute atomic E-state index is 13.3. The van der Waals surface area contributed by atoms with Crippen molar-refractivity contribution < 1.29 is 13.5 Å². The molecule has 0 fully saturated rings. The summed E-state index contributed by atoms with van der Waals surface area (Å²) < 4.78 is 31.1. The molecule has 0 saturated heterocycles. The zero-order chi connectivity index (χ0) is 11.3. The second kappa shape index (κ2) is 5.78. The number of methoxy groups -OCH3 is 1. The van der Waals surface area contributed by atoms with Gasteiger partial charge < -0.3 is 10.1 Å². The van der Waals surface area contributed by atoms with Crippen molar-refractivity contribution in [3.8, 4) is 0 Å². The van der Waals surface area contributed by atoms with Crippen molar-refractivity contribution in [3.63, 3.8) is 0 Å². The Morgan fingerprint density at radius 3 is 2.73 bits per heavy atom. The van der Waals surface area contributed by atoms with Gasteiger partial charge in [-0.05, 0) is 25.1 Å². The standard InChI is InChI=1S/C11H15F2NO/c1-14-9(7-15-2)6-8-4-3-5-10(12)11(8)13/h3-5,9,14H,6-7H2,1-2H3. The topological polar surface area (TPSA) is 21.3 Å². The molecular formula is C11H15F2NO. The average Bonchev–Trinajstić information content (AvgIpc) is 2.24. The van der Waals surface area contributed by atoms with Gasteiger partial charge in [-0.25, -0.2) is 8.78 Å². The Bertz CT molecular complexity index is 317. The predicted molar refractivity (Wildman–Crippen MR) is 54.8 cm³/mol. The van der Waals surface area contributed by atoms with E-state index in [4.69, 9.17) is 4.74 Å². The zero-order valence-electron chi connectivity index (χ0n) is 8.89. The van der Waals surface area contributed by atoms with E-state index in [1.54, 1.807) is 20.2 Å². The fraction of sp³-hybridized carbons (Fsp3) is 0.455. The molecule has 84 valence electrons. The fourth-order valence-corrected chi connectivity index (χ4v) is 1.42. The average molecular weight is 215 g/mol. The first-order valence-electron chi connectivity index (χ1n) is 4.78. The molecule has 1 N–H and O–H groups in total. The van der Waals surface area contributed by atoms with Crippen molar-refractivity contribution in [2.75, 3.05) is 20.8 Å². The van der Waals surface area contributed by atoms with E-state index in [-0.39, 0.29) is 6.04 Å². The summed E-state index contributed by atoms with van der Waals surface area (Å²) in [7, 11) is 3.34. The molecule has 1 rings (SSSR count). The SMILES string of the molecule is CNC(COC)Cc1cccc(F)c1F. The molecule has 0 radical (unpaired) electrons. The Labute approximate surface area is 88.3 Å². The van der Waals surface area contributed by atoms with Gasteiger partial charge in [-0.2, -0.15) is 0 Å². The lowest BCUT2D eigenvalue weighted by Gasteiger charge is -2.15. The number of likely N-dealkylation sites (N-methyl/N-ethyl adjacent to an activating group) is 1. The molecule has 0 aliphatic carbocycles. The summed E-state index contributed by atoms with van der Waals surface area (Å²) in [6, 6.07) is 4.20. The molecule has 0 spiro atoms. The van der Waals surface area contributed by atoms with E-state index >= 15 is 0 Å². The monoisotopic (exact) mass is 215 g/mol. The lowest BCUT2D eigenvalue weighted by Crippen LogP contribution is -2.32. The third kappa shape index (κ3) is 3.25. The molecule has 0 aliphatic rings. The maximum Gasteiger partial charge on any atom is 0.162 e. The summed E-state index contributed by atoms with van der Waals surface area (Å²) >= 11 is 0. The van der Waals surface area contributed by atoms with Gasteiger partial charge in [-0.1, -0.05) is 12.1 Å². The van der Waals surface area contributed by atoms with E-state index < -0.39 is 11.6 Å². The van der Waals surface area contributed by atoms with Gasteiger partial charge in [-0.3, -0.25) is 0 Å². The van der Waals surface area contributed by atoms with Crippen molar-refractivity contribution in [3.05, 3.63) is 35.4 Å². The van der Waals surface area contributed by atoms with Crippen LogP contribution in [0.1, 0.15) is 5.56 Å². The Hall–Kier alpha value is -1.00. The van der Waals surface area contributed by atoms with E-state index in [9.17, 15) is 8.78 Å². The van der Waals surface area contributed by atoms with Crippen LogP contribution in [0.2, 0.25) is 0 Å². The summed E-state index contributed by atoms with van der Waals surface area (Å²) in [5.41, 5.74) is 0.367. The fourth-order valence-electron chi connectivity index (χ4n) is 1.42. The molecule has 4 heteroatoms. The third-order valence-electron chi connectivity index (χ3n) is 2.27. The molecular weight excluding hydrogens is 200 g/mol. The van der Waals surface area contributed by atoms with Crippen LogP contribution >= 0.6 is 0 Å². The van der Waals surface area contributed by atoms with Crippen molar-refractivity contribution in [1.29, 1.82) is 0 Å². The van der Waals surface area contributed by atoms with Crippen LogP contribution in [0.15, 0.2) is 18.2 Å². The van der Waals surface area contributed by atoms with Gasteiger partial charge >= 0.3 is 0 Å². The van der Waals surface area contributed by atoms with Gasteiger partial charge in [0.1, 0.15) is 0 Å². The highest BCUT2D eigenvalue weighted by Crippen LogP contribution is 2.13. The van der Waals surface area contributed by atoms with E-state index in [0.29, 0.717) is 18.6 Å². The first kappa shape index (κ1) is 12.1. The number of rotatable bonds is 5. The molecule has 0 amide bonds. The highest BCUT2D eigenvalue weighted by molar-refractivity contribution is 5.20. The molecule has 0 heterocycles. The van der Waals surface area contributed by atoms with Crippen LogP contribution in [0.3, 0.4) is 0 Å². The Balaban J connectivity index is 2.74. The molecule has 0 bridgehead atoms. The van der Waals surface area contributed by atoms with Gasteiger partial charge in [0.2, 0.25) is 0 Å². The Kier molecular flexibility index (Phi) is 4.65. The number of ether oxygens (including phenoxy) is 1. The van der Waals surface area contributed by atoms with Crippen molar-refractivity contribution in [2.45, 2.75) is 12.5 Å². The number of halogens is 2. The van der Waals surface area contributed by atoms with Crippen LogP contribution in [0.5, 0.6) is 0 Å². The van der Waals surface area contributed by atoms with Gasteiger partial charge in [0.05, 0.1) is 6.61 Å². The molecule has 2 nitrogen and oxygen atoms in total. The predicted octanol–water partition coefficient (Wildman–Crippen LogP) is 1.74. The summed E-state index contributed by atoms with van der Waals surface area (Å²) in [6.45, 7) is 0.465. The maximum atomic E-state index is 13.3. The third-order valence-corrected chi connectivity index (χ3v) is 2.27. The second-order valence-corrected chi connectivity index (χ2v) is 3.36. The van der Waals surface area contributed by atoms with Gasteiger partial charge in [0.25, 0.3) is 0 Å². The molecule has 1 aromatic rings. The molecule has 0 aromatic heterocycles. The van der Waals surface area contributed by atoms with Gasteiger partial charge in [-0.15, -0.1) is 0 Å². The van der Waals surface area contributed by atoms with Crippen LogP contribution in [0, 0.1) is 11.6 Å². The van der Waals surface area contributed by atoms with E-state index in [1.165, 1.54) is 6.07 Å². The summed E-state index contributed by atoms with van der Waals surface area (Å²) in [5, 5.41) is 2.98. The smallest absolute Gasteiger partial charge is 0.162 e. The Morgan fingerprint density at radius 1 is 1.40 bits per heavy atom. The van der Waals surface area contributed by atoms with Crippen molar-refractivity contribution >= 4 is 0 Å². The Morgan fingerprint density at radius 2 is 2.13 bits per heavy atom. The normalized spacial score (nSPS) is 12.8. The lowest BCUT2D eigenvalue weighted by atomic mass is 10.1. The molecule has 0 aliphatic heterocycles. The van der Waals surface area contributed by atoms with Crippen molar-refractivity contribution in [1.82, 2.24) is 5.32 Å². The molecule has 1 atom stereocenters. The van der Waals surface area contributed by atoms with E-state index in [2.05, 4.69) is 5.32 Å². The first-order valence-corrected chi connectivity index (χ1v) is 4.78. The lowest BCUT2D eigenvalue weighted by molar-refractivity contribution is 0.169. The van der Waals surface area contributed by atoms with E-state index in [0.717, 1.165) is 6.07 Å². The first-order chi connectivity index (χ1) is 7.19. The number of benzene rings is 1. The van der Waals surface area contributed by atoms with Crippen LogP contribution in [-0.2, 0) is 11.2 Å². The highest BCUT2D eigenvalue weighted by Gasteiger charge is 2.12. The zero-order valence-corrected chi connectivity index (χ0v) is 8.89.